The van der Waals surface area contributed by atoms with Crippen molar-refractivity contribution in [3.05, 3.63) is 29.8 Å². The number of carbonyl (C=O) groups excluding carboxylic acids is 1. The minimum absolute atomic E-state index is 0.306. The van der Waals surface area contributed by atoms with Crippen LogP contribution in [0, 0.1) is 11.8 Å². The van der Waals surface area contributed by atoms with Crippen LogP contribution < -0.4 is 4.90 Å². The number of hydrogen-bond acceptors (Lipinski definition) is 3. The van der Waals surface area contributed by atoms with Gasteiger partial charge in [0.2, 0.25) is 0 Å². The molecule has 1 heterocycles. The van der Waals surface area contributed by atoms with E-state index in [-0.39, 0.29) is 0 Å². The number of likely N-dealkylation sites (N-methyl/N-ethyl adjacent to an activating group) is 1. The fourth-order valence-electron chi connectivity index (χ4n) is 2.01. The molecule has 1 aliphatic rings. The summed E-state index contributed by atoms with van der Waals surface area (Å²) in [5, 5.41) is 0. The maximum Gasteiger partial charge on any atom is 0.131 e. The van der Waals surface area contributed by atoms with Crippen LogP contribution in [0.2, 0.25) is 0 Å². The van der Waals surface area contributed by atoms with E-state index in [4.69, 9.17) is 0 Å². The number of anilines is 1. The van der Waals surface area contributed by atoms with E-state index in [1.807, 2.05) is 12.1 Å². The van der Waals surface area contributed by atoms with E-state index in [0.29, 0.717) is 6.42 Å². The van der Waals surface area contributed by atoms with E-state index in [1.165, 1.54) is 5.69 Å². The molecule has 0 aliphatic carbocycles. The second-order valence-electron chi connectivity index (χ2n) is 4.51. The van der Waals surface area contributed by atoms with E-state index in [9.17, 15) is 4.79 Å². The molecular weight excluding hydrogens is 224 g/mol. The Hall–Kier alpha value is -1.79. The highest BCUT2D eigenvalue weighted by Gasteiger charge is 2.13. The smallest absolute Gasteiger partial charge is 0.131 e. The van der Waals surface area contributed by atoms with Gasteiger partial charge >= 0.3 is 0 Å². The molecule has 3 heteroatoms. The van der Waals surface area contributed by atoms with Gasteiger partial charge in [-0.2, -0.15) is 0 Å². The first-order chi connectivity index (χ1) is 8.79. The summed E-state index contributed by atoms with van der Waals surface area (Å²) < 4.78 is 0. The number of rotatable bonds is 2. The molecule has 0 radical (unpaired) electrons. The second kappa shape index (κ2) is 6.23. The van der Waals surface area contributed by atoms with Crippen molar-refractivity contribution >= 4 is 12.0 Å². The Balaban J connectivity index is 1.99. The zero-order valence-electron chi connectivity index (χ0n) is 10.7. The van der Waals surface area contributed by atoms with Gasteiger partial charge in [-0.25, -0.2) is 0 Å². The molecule has 0 amide bonds. The highest BCUT2D eigenvalue weighted by Crippen LogP contribution is 2.16. The lowest BCUT2D eigenvalue weighted by Crippen LogP contribution is -2.44. The predicted molar refractivity (Wildman–Crippen MR) is 73.7 cm³/mol. The van der Waals surface area contributed by atoms with Crippen LogP contribution in [0.15, 0.2) is 24.3 Å². The molecule has 18 heavy (non-hydrogen) atoms. The Kier molecular flexibility index (Phi) is 4.38. The number of hydrogen-bond donors (Lipinski definition) is 0. The highest BCUT2D eigenvalue weighted by atomic mass is 16.1. The minimum atomic E-state index is 0.306. The lowest BCUT2D eigenvalue weighted by Gasteiger charge is -2.34. The van der Waals surface area contributed by atoms with Crippen LogP contribution in [0.3, 0.4) is 0 Å². The van der Waals surface area contributed by atoms with Crippen molar-refractivity contribution in [2.45, 2.75) is 6.42 Å². The van der Waals surface area contributed by atoms with Gasteiger partial charge in [0.05, 0.1) is 6.42 Å². The van der Waals surface area contributed by atoms with Crippen LogP contribution in [-0.2, 0) is 4.79 Å². The van der Waals surface area contributed by atoms with E-state index in [2.05, 4.69) is 40.8 Å². The van der Waals surface area contributed by atoms with Gasteiger partial charge in [0.25, 0.3) is 0 Å². The highest BCUT2D eigenvalue weighted by molar-refractivity contribution is 5.56. The molecule has 1 saturated heterocycles. The Morgan fingerprint density at radius 3 is 2.44 bits per heavy atom. The molecule has 0 saturated carbocycles. The first-order valence-corrected chi connectivity index (χ1v) is 6.25. The number of benzene rings is 1. The Labute approximate surface area is 108 Å². The topological polar surface area (TPSA) is 23.6 Å². The van der Waals surface area contributed by atoms with Crippen LogP contribution in [0.4, 0.5) is 5.69 Å². The lowest BCUT2D eigenvalue weighted by atomic mass is 10.2. The first-order valence-electron chi connectivity index (χ1n) is 6.25. The zero-order valence-corrected chi connectivity index (χ0v) is 10.7. The molecular formula is C15H18N2O. The maximum atomic E-state index is 10.2. The van der Waals surface area contributed by atoms with Gasteiger partial charge in [-0.05, 0) is 31.3 Å². The number of carbonyl (C=O) groups is 1. The fraction of sp³-hybridized carbons (Fsp3) is 0.400. The first kappa shape index (κ1) is 12.7. The quantitative estimate of drug-likeness (QED) is 0.578. The number of piperazine rings is 1. The van der Waals surface area contributed by atoms with Gasteiger partial charge < -0.3 is 14.6 Å². The molecule has 0 spiro atoms. The maximum absolute atomic E-state index is 10.2. The van der Waals surface area contributed by atoms with Crippen molar-refractivity contribution in [2.75, 3.05) is 38.1 Å². The molecule has 1 aromatic rings. The lowest BCUT2D eigenvalue weighted by molar-refractivity contribution is -0.107. The van der Waals surface area contributed by atoms with Crippen molar-refractivity contribution in [3.63, 3.8) is 0 Å². The van der Waals surface area contributed by atoms with Gasteiger partial charge in [0.1, 0.15) is 6.29 Å². The third kappa shape index (κ3) is 3.35. The molecule has 1 aromatic carbocycles. The summed E-state index contributed by atoms with van der Waals surface area (Å²) in [6, 6.07) is 8.25. The molecule has 0 bridgehead atoms. The van der Waals surface area contributed by atoms with Gasteiger partial charge in [0, 0.05) is 37.4 Å². The van der Waals surface area contributed by atoms with Crippen LogP contribution in [0.5, 0.6) is 0 Å². The predicted octanol–water partition coefficient (Wildman–Crippen LogP) is 1.38. The van der Waals surface area contributed by atoms with Crippen LogP contribution in [-0.4, -0.2) is 44.4 Å². The third-order valence-corrected chi connectivity index (χ3v) is 3.15. The molecule has 0 unspecified atom stereocenters. The second-order valence-corrected chi connectivity index (χ2v) is 4.51. The average Bonchev–Trinajstić information content (AvgIpc) is 2.41. The molecule has 1 aliphatic heterocycles. The SMILES string of the molecule is CN1CCN(c2ccc(C#CCC=O)cc2)CC1. The minimum Gasteiger partial charge on any atom is -0.369 e. The van der Waals surface area contributed by atoms with Crippen LogP contribution >= 0.6 is 0 Å². The average molecular weight is 242 g/mol. The fourth-order valence-corrected chi connectivity index (χ4v) is 2.01. The number of nitrogens with zero attached hydrogens (tertiary/aromatic N) is 2. The van der Waals surface area contributed by atoms with Gasteiger partial charge in [-0.15, -0.1) is 0 Å². The van der Waals surface area contributed by atoms with Crippen LogP contribution in [0.1, 0.15) is 12.0 Å². The monoisotopic (exact) mass is 242 g/mol. The Morgan fingerprint density at radius 2 is 1.83 bits per heavy atom. The van der Waals surface area contributed by atoms with E-state index < -0.39 is 0 Å². The van der Waals surface area contributed by atoms with E-state index >= 15 is 0 Å². The van der Waals surface area contributed by atoms with E-state index in [0.717, 1.165) is 38.0 Å². The van der Waals surface area contributed by atoms with Gasteiger partial charge in [-0.3, -0.25) is 0 Å². The van der Waals surface area contributed by atoms with Crippen molar-refractivity contribution in [1.29, 1.82) is 0 Å². The normalized spacial score (nSPS) is 15.9. The summed E-state index contributed by atoms with van der Waals surface area (Å²) in [6.07, 6.45) is 1.13. The summed E-state index contributed by atoms with van der Waals surface area (Å²) in [7, 11) is 2.16. The number of aldehydes is 1. The summed E-state index contributed by atoms with van der Waals surface area (Å²) in [5.74, 6) is 5.79. The molecule has 3 nitrogen and oxygen atoms in total. The Bertz CT molecular complexity index is 448. The standard InChI is InChI=1S/C15H18N2O/c1-16-9-11-17(12-10-16)15-7-5-14(6-8-15)4-2-3-13-18/h5-8,13H,3,9-12H2,1H3. The van der Waals surface area contributed by atoms with Crippen molar-refractivity contribution in [2.24, 2.45) is 0 Å². The molecule has 1 fully saturated rings. The van der Waals surface area contributed by atoms with Crippen LogP contribution in [0.25, 0.3) is 0 Å². The van der Waals surface area contributed by atoms with Crippen molar-refractivity contribution < 1.29 is 4.79 Å². The molecule has 94 valence electrons. The summed E-state index contributed by atoms with van der Waals surface area (Å²) in [6.45, 7) is 4.38. The van der Waals surface area contributed by atoms with Crippen molar-refractivity contribution in [1.82, 2.24) is 4.90 Å². The van der Waals surface area contributed by atoms with E-state index in [1.54, 1.807) is 0 Å². The van der Waals surface area contributed by atoms with Crippen molar-refractivity contribution in [3.8, 4) is 11.8 Å². The largest absolute Gasteiger partial charge is 0.369 e. The molecule has 0 N–H and O–H groups in total. The summed E-state index contributed by atoms with van der Waals surface area (Å²) in [5.41, 5.74) is 2.22. The molecule has 0 atom stereocenters. The van der Waals surface area contributed by atoms with Gasteiger partial charge in [0.15, 0.2) is 0 Å². The van der Waals surface area contributed by atoms with Gasteiger partial charge in [-0.1, -0.05) is 11.8 Å². The summed E-state index contributed by atoms with van der Waals surface area (Å²) in [4.78, 5) is 14.9. The summed E-state index contributed by atoms with van der Waals surface area (Å²) >= 11 is 0. The Morgan fingerprint density at radius 1 is 1.17 bits per heavy atom. The zero-order chi connectivity index (χ0) is 12.8. The molecule has 0 aromatic heterocycles. The third-order valence-electron chi connectivity index (χ3n) is 3.15. The molecule has 2 rings (SSSR count).